The Morgan fingerprint density at radius 3 is 2.48 bits per heavy atom. The van der Waals surface area contributed by atoms with E-state index in [1.807, 2.05) is 72.8 Å². The predicted molar refractivity (Wildman–Crippen MR) is 191 cm³/mol. The van der Waals surface area contributed by atoms with Crippen molar-refractivity contribution in [3.63, 3.8) is 0 Å². The van der Waals surface area contributed by atoms with Crippen LogP contribution in [0.15, 0.2) is 108 Å². The van der Waals surface area contributed by atoms with Gasteiger partial charge in [-0.1, -0.05) is 72.8 Å². The molecule has 1 amide bonds. The molecule has 0 saturated carbocycles. The van der Waals surface area contributed by atoms with Crippen LogP contribution < -0.4 is 20.9 Å². The van der Waals surface area contributed by atoms with Crippen molar-refractivity contribution >= 4 is 17.0 Å². The number of hydrogen-bond acceptors (Lipinski definition) is 8. The molecule has 258 valence electrons. The molecule has 10 nitrogen and oxygen atoms in total. The number of aromatic amines is 1. The molecule has 8 rings (SSSR count). The average molecular weight is 675 g/mol. The van der Waals surface area contributed by atoms with Crippen molar-refractivity contribution in [3.8, 4) is 11.5 Å². The van der Waals surface area contributed by atoms with Crippen LogP contribution in [0.4, 0.5) is 4.79 Å². The number of nitrogens with zero attached hydrogens (tertiary/aromatic N) is 1. The molecule has 3 aliphatic rings. The maximum atomic E-state index is 13.2. The van der Waals surface area contributed by atoms with Crippen LogP contribution in [0.1, 0.15) is 52.8 Å². The number of amides is 1. The lowest BCUT2D eigenvalue weighted by atomic mass is 9.86. The fourth-order valence-corrected chi connectivity index (χ4v) is 7.13. The predicted octanol–water partition coefficient (Wildman–Crippen LogP) is 5.55. The summed E-state index contributed by atoms with van der Waals surface area (Å²) in [6, 6.07) is 31.4. The van der Waals surface area contributed by atoms with Crippen molar-refractivity contribution in [1.82, 2.24) is 20.5 Å². The van der Waals surface area contributed by atoms with Gasteiger partial charge >= 0.3 is 6.09 Å². The molecule has 0 spiro atoms. The Bertz CT molecular complexity index is 1990. The highest BCUT2D eigenvalue weighted by atomic mass is 16.6. The molecule has 3 fully saturated rings. The molecule has 10 heteroatoms. The zero-order valence-electron chi connectivity index (χ0n) is 27.8. The summed E-state index contributed by atoms with van der Waals surface area (Å²) < 4.78 is 12.2. The standard InChI is InChI=1S/C40H42N4O6/c45-34-14-12-32(33-13-15-37(47)42-39(33)34)35(46)23-41-22-26-6-4-7-27(20-26)25-49-31-11-5-10-30(21-31)38(29-8-2-1-3-9-29)43-40(48)50-36-24-44-18-16-28(36)17-19-44/h1-15,20-21,28,35-36,38,41,45-46H,16-19,22-25H2,(H,42,47)(H,43,48). The molecule has 3 unspecified atom stereocenters. The number of piperidine rings is 3. The molecule has 3 saturated heterocycles. The van der Waals surface area contributed by atoms with Gasteiger partial charge in [0.25, 0.3) is 0 Å². The molecular formula is C40H42N4O6. The number of alkyl carbamates (subject to hydrolysis) is 1. The van der Waals surface area contributed by atoms with Gasteiger partial charge in [0.1, 0.15) is 24.2 Å². The summed E-state index contributed by atoms with van der Waals surface area (Å²) in [4.78, 5) is 30.0. The van der Waals surface area contributed by atoms with Crippen LogP contribution in [0.3, 0.4) is 0 Å². The number of phenolic OH excluding ortho intramolecular Hbond substituents is 1. The normalized spacial score (nSPS) is 19.5. The van der Waals surface area contributed by atoms with Crippen LogP contribution in [-0.4, -0.2) is 58.5 Å². The Morgan fingerprint density at radius 1 is 0.900 bits per heavy atom. The summed E-state index contributed by atoms with van der Waals surface area (Å²) in [5, 5.41) is 28.1. The molecule has 50 heavy (non-hydrogen) atoms. The first kappa shape index (κ1) is 33.3. The second kappa shape index (κ2) is 15.2. The number of phenols is 1. The second-order valence-electron chi connectivity index (χ2n) is 13.2. The number of fused-ring (bicyclic) bond motifs is 4. The summed E-state index contributed by atoms with van der Waals surface area (Å²) >= 11 is 0. The first-order valence-electron chi connectivity index (χ1n) is 17.2. The molecule has 4 aromatic carbocycles. The summed E-state index contributed by atoms with van der Waals surface area (Å²) in [5.41, 5.74) is 4.46. The van der Waals surface area contributed by atoms with E-state index in [0.29, 0.717) is 41.3 Å². The molecule has 5 aromatic rings. The minimum absolute atomic E-state index is 0.0420. The van der Waals surface area contributed by atoms with E-state index in [0.717, 1.165) is 54.7 Å². The number of carbonyl (C=O) groups is 1. The molecule has 3 atom stereocenters. The zero-order valence-corrected chi connectivity index (χ0v) is 27.8. The third-order valence-corrected chi connectivity index (χ3v) is 9.77. The van der Waals surface area contributed by atoms with Gasteiger partial charge in [-0.3, -0.25) is 9.69 Å². The van der Waals surface area contributed by atoms with E-state index in [4.69, 9.17) is 9.47 Å². The largest absolute Gasteiger partial charge is 0.506 e. The van der Waals surface area contributed by atoms with E-state index in [2.05, 4.69) is 26.6 Å². The molecule has 0 aliphatic carbocycles. The highest BCUT2D eigenvalue weighted by molar-refractivity contribution is 5.87. The lowest BCUT2D eigenvalue weighted by molar-refractivity contribution is -0.0336. The van der Waals surface area contributed by atoms with Crippen molar-refractivity contribution in [1.29, 1.82) is 0 Å². The summed E-state index contributed by atoms with van der Waals surface area (Å²) in [6.45, 7) is 4.12. The van der Waals surface area contributed by atoms with E-state index in [-0.39, 0.29) is 24.0 Å². The van der Waals surface area contributed by atoms with Gasteiger partial charge in [0.05, 0.1) is 17.7 Å². The molecule has 0 radical (unpaired) electrons. The van der Waals surface area contributed by atoms with E-state index in [1.54, 1.807) is 12.1 Å². The number of carbonyl (C=O) groups excluding carboxylic acids is 1. The number of nitrogens with one attached hydrogen (secondary N) is 3. The summed E-state index contributed by atoms with van der Waals surface area (Å²) in [5.74, 6) is 1.07. The number of ether oxygens (including phenoxy) is 2. The van der Waals surface area contributed by atoms with Crippen molar-refractivity contribution in [2.45, 2.75) is 44.2 Å². The molecule has 3 aliphatic heterocycles. The Hall–Kier alpha value is -5.16. The van der Waals surface area contributed by atoms with Gasteiger partial charge < -0.3 is 35.3 Å². The number of pyridine rings is 1. The Labute approximate surface area is 290 Å². The maximum Gasteiger partial charge on any atom is 0.408 e. The van der Waals surface area contributed by atoms with E-state index < -0.39 is 18.2 Å². The SMILES string of the molecule is O=C(NC(c1ccccc1)c1cccc(OCc2cccc(CNCC(O)c3ccc(O)c4[nH]c(=O)ccc34)c2)c1)OC1CN2CCC1CC2. The lowest BCUT2D eigenvalue weighted by Gasteiger charge is -2.43. The van der Waals surface area contributed by atoms with E-state index in [1.165, 1.54) is 12.1 Å². The molecule has 1 aromatic heterocycles. The zero-order chi connectivity index (χ0) is 34.5. The number of aromatic nitrogens is 1. The number of aromatic hydroxyl groups is 1. The van der Waals surface area contributed by atoms with Crippen LogP contribution in [0, 0.1) is 5.92 Å². The first-order valence-corrected chi connectivity index (χ1v) is 17.2. The smallest absolute Gasteiger partial charge is 0.408 e. The fraction of sp³-hybridized carbons (Fsp3) is 0.300. The molecule has 5 N–H and O–H groups in total. The molecule has 4 heterocycles. The van der Waals surface area contributed by atoms with Gasteiger partial charge in [-0.25, -0.2) is 4.79 Å². The minimum atomic E-state index is -0.848. The molecule has 2 bridgehead atoms. The van der Waals surface area contributed by atoms with Gasteiger partial charge in [-0.2, -0.15) is 0 Å². The third kappa shape index (κ3) is 7.83. The topological polar surface area (TPSA) is 136 Å². The van der Waals surface area contributed by atoms with Crippen LogP contribution in [0.5, 0.6) is 11.5 Å². The number of hydrogen-bond donors (Lipinski definition) is 5. The van der Waals surface area contributed by atoms with Gasteiger partial charge in [-0.15, -0.1) is 0 Å². The Morgan fingerprint density at radius 2 is 1.68 bits per heavy atom. The van der Waals surface area contributed by atoms with Crippen molar-refractivity contribution in [3.05, 3.63) is 141 Å². The Balaban J connectivity index is 0.966. The monoisotopic (exact) mass is 674 g/mol. The van der Waals surface area contributed by atoms with E-state index >= 15 is 0 Å². The van der Waals surface area contributed by atoms with Gasteiger partial charge in [0, 0.05) is 31.1 Å². The minimum Gasteiger partial charge on any atom is -0.506 e. The number of rotatable bonds is 12. The fourth-order valence-electron chi connectivity index (χ4n) is 7.13. The van der Waals surface area contributed by atoms with Crippen LogP contribution in [0.25, 0.3) is 10.9 Å². The Kier molecular flexibility index (Phi) is 10.1. The number of aliphatic hydroxyl groups is 1. The summed E-state index contributed by atoms with van der Waals surface area (Å²) in [6.07, 6.45) is 0.817. The number of benzene rings is 4. The highest BCUT2D eigenvalue weighted by Gasteiger charge is 2.37. The van der Waals surface area contributed by atoms with Crippen LogP contribution in [0.2, 0.25) is 0 Å². The number of H-pyrrole nitrogens is 1. The average Bonchev–Trinajstić information content (AvgIpc) is 3.14. The van der Waals surface area contributed by atoms with Crippen LogP contribution in [-0.2, 0) is 17.9 Å². The van der Waals surface area contributed by atoms with Crippen molar-refractivity contribution in [2.75, 3.05) is 26.2 Å². The maximum absolute atomic E-state index is 13.2. The van der Waals surface area contributed by atoms with Crippen molar-refractivity contribution in [2.24, 2.45) is 5.92 Å². The van der Waals surface area contributed by atoms with Gasteiger partial charge in [0.2, 0.25) is 5.56 Å². The van der Waals surface area contributed by atoms with Gasteiger partial charge in [-0.05, 0) is 83.9 Å². The van der Waals surface area contributed by atoms with Crippen molar-refractivity contribution < 1.29 is 24.5 Å². The summed E-state index contributed by atoms with van der Waals surface area (Å²) in [7, 11) is 0. The molecular weight excluding hydrogens is 632 g/mol. The second-order valence-corrected chi connectivity index (χ2v) is 13.2. The van der Waals surface area contributed by atoms with Gasteiger partial charge in [0.15, 0.2) is 0 Å². The third-order valence-electron chi connectivity index (χ3n) is 9.77. The quantitative estimate of drug-likeness (QED) is 0.116. The lowest BCUT2D eigenvalue weighted by Crippen LogP contribution is -2.52. The van der Waals surface area contributed by atoms with E-state index in [9.17, 15) is 19.8 Å². The first-order chi connectivity index (χ1) is 24.4. The number of aliphatic hydroxyl groups excluding tert-OH is 1. The highest BCUT2D eigenvalue weighted by Crippen LogP contribution is 2.31. The van der Waals surface area contributed by atoms with Crippen LogP contribution >= 0.6 is 0 Å².